The number of esters is 1. The van der Waals surface area contributed by atoms with E-state index in [1.807, 2.05) is 0 Å². The number of benzene rings is 2. The molecule has 0 amide bonds. The molecule has 0 atom stereocenters. The number of rotatable bonds is 7. The highest BCUT2D eigenvalue weighted by Gasteiger charge is 2.15. The largest absolute Gasteiger partial charge is 0.497 e. The highest BCUT2D eigenvalue weighted by molar-refractivity contribution is 9.10. The second kappa shape index (κ2) is 8.53. The Morgan fingerprint density at radius 1 is 0.880 bits per heavy atom. The molecule has 0 aromatic heterocycles. The molecule has 2 aromatic rings. The zero-order chi connectivity index (χ0) is 18.4. The Bertz CT molecular complexity index is 765. The number of carbonyl (C=O) groups excluding carboxylic acids is 2. The zero-order valence-corrected chi connectivity index (χ0v) is 15.6. The second-order valence-corrected chi connectivity index (χ2v) is 5.80. The third-order valence-electron chi connectivity index (χ3n) is 3.40. The summed E-state index contributed by atoms with van der Waals surface area (Å²) in [6.45, 7) is -0.378. The van der Waals surface area contributed by atoms with Gasteiger partial charge in [-0.05, 0) is 46.3 Å². The van der Waals surface area contributed by atoms with Gasteiger partial charge in [-0.25, -0.2) is 4.79 Å². The van der Waals surface area contributed by atoms with Crippen LogP contribution in [0.3, 0.4) is 0 Å². The maximum Gasteiger partial charge on any atom is 0.338 e. The van der Waals surface area contributed by atoms with Crippen LogP contribution in [0.5, 0.6) is 17.2 Å². The van der Waals surface area contributed by atoms with Crippen molar-refractivity contribution in [2.45, 2.75) is 0 Å². The van der Waals surface area contributed by atoms with E-state index in [0.29, 0.717) is 27.3 Å². The highest BCUT2D eigenvalue weighted by atomic mass is 79.9. The molecule has 0 spiro atoms. The molecule has 25 heavy (non-hydrogen) atoms. The van der Waals surface area contributed by atoms with Gasteiger partial charge in [0.1, 0.15) is 17.2 Å². The molecule has 0 N–H and O–H groups in total. The molecule has 0 aliphatic heterocycles. The summed E-state index contributed by atoms with van der Waals surface area (Å²) in [5, 5.41) is 0. The van der Waals surface area contributed by atoms with Gasteiger partial charge in [-0.15, -0.1) is 0 Å². The molecule has 0 aliphatic carbocycles. The normalized spacial score (nSPS) is 10.1. The Morgan fingerprint density at radius 2 is 1.52 bits per heavy atom. The number of carbonyl (C=O) groups is 2. The van der Waals surface area contributed by atoms with E-state index in [2.05, 4.69) is 15.9 Å². The van der Waals surface area contributed by atoms with Crippen LogP contribution in [0.25, 0.3) is 0 Å². The van der Waals surface area contributed by atoms with Crippen LogP contribution < -0.4 is 14.2 Å². The summed E-state index contributed by atoms with van der Waals surface area (Å²) >= 11 is 3.31. The van der Waals surface area contributed by atoms with E-state index in [-0.39, 0.29) is 18.0 Å². The molecule has 2 aromatic carbocycles. The summed E-state index contributed by atoms with van der Waals surface area (Å²) in [4.78, 5) is 24.4. The molecule has 0 radical (unpaired) electrons. The van der Waals surface area contributed by atoms with Gasteiger partial charge in [0.05, 0.1) is 31.4 Å². The first-order chi connectivity index (χ1) is 12.0. The predicted octanol–water partition coefficient (Wildman–Crippen LogP) is 3.51. The fourth-order valence-corrected chi connectivity index (χ4v) is 2.60. The van der Waals surface area contributed by atoms with Crippen molar-refractivity contribution in [1.29, 1.82) is 0 Å². The van der Waals surface area contributed by atoms with Crippen LogP contribution >= 0.6 is 15.9 Å². The van der Waals surface area contributed by atoms with Gasteiger partial charge in [0.25, 0.3) is 0 Å². The van der Waals surface area contributed by atoms with Crippen LogP contribution in [-0.2, 0) is 4.74 Å². The Balaban J connectivity index is 2.06. The summed E-state index contributed by atoms with van der Waals surface area (Å²) in [5.74, 6) is 0.551. The lowest BCUT2D eigenvalue weighted by molar-refractivity contribution is 0.0474. The van der Waals surface area contributed by atoms with Crippen LogP contribution in [0, 0.1) is 0 Å². The van der Waals surface area contributed by atoms with Crippen molar-refractivity contribution in [3.8, 4) is 17.2 Å². The molecule has 2 rings (SSSR count). The minimum absolute atomic E-state index is 0.236. The van der Waals surface area contributed by atoms with Crippen molar-refractivity contribution in [2.75, 3.05) is 27.9 Å². The van der Waals surface area contributed by atoms with Gasteiger partial charge < -0.3 is 18.9 Å². The van der Waals surface area contributed by atoms with Gasteiger partial charge in [0, 0.05) is 11.6 Å². The standard InChI is InChI=1S/C18H17BrO6/c1-22-13-6-12(7-14(9-13)23-2)18(21)25-10-16(20)11-4-5-17(24-3)15(19)8-11/h4-9H,10H2,1-3H3. The molecule has 0 saturated heterocycles. The topological polar surface area (TPSA) is 71.1 Å². The quantitative estimate of drug-likeness (QED) is 0.515. The van der Waals surface area contributed by atoms with Gasteiger partial charge in [-0.1, -0.05) is 0 Å². The summed E-state index contributed by atoms with van der Waals surface area (Å²) in [7, 11) is 4.50. The van der Waals surface area contributed by atoms with Gasteiger partial charge in [-0.2, -0.15) is 0 Å². The first-order valence-corrected chi connectivity index (χ1v) is 8.04. The van der Waals surface area contributed by atoms with Crippen molar-refractivity contribution in [1.82, 2.24) is 0 Å². The zero-order valence-electron chi connectivity index (χ0n) is 14.0. The molecule has 132 valence electrons. The maximum absolute atomic E-state index is 12.2. The maximum atomic E-state index is 12.2. The predicted molar refractivity (Wildman–Crippen MR) is 94.9 cm³/mol. The van der Waals surface area contributed by atoms with Gasteiger partial charge >= 0.3 is 5.97 Å². The number of ether oxygens (including phenoxy) is 4. The number of ketones is 1. The third kappa shape index (κ3) is 4.73. The van der Waals surface area contributed by atoms with Crippen LogP contribution in [0.15, 0.2) is 40.9 Å². The van der Waals surface area contributed by atoms with E-state index < -0.39 is 5.97 Å². The minimum atomic E-state index is -0.641. The molecular weight excluding hydrogens is 392 g/mol. The van der Waals surface area contributed by atoms with Crippen LogP contribution in [0.2, 0.25) is 0 Å². The molecule has 0 heterocycles. The number of halogens is 1. The monoisotopic (exact) mass is 408 g/mol. The smallest absolute Gasteiger partial charge is 0.338 e. The molecule has 0 aliphatic rings. The van der Waals surface area contributed by atoms with Crippen LogP contribution in [0.4, 0.5) is 0 Å². The first kappa shape index (κ1) is 18.8. The average molecular weight is 409 g/mol. The summed E-state index contributed by atoms with van der Waals surface area (Å²) < 4.78 is 21.1. The highest BCUT2D eigenvalue weighted by Crippen LogP contribution is 2.26. The van der Waals surface area contributed by atoms with E-state index in [1.54, 1.807) is 24.3 Å². The summed E-state index contributed by atoms with van der Waals surface area (Å²) in [6.07, 6.45) is 0. The SMILES string of the molecule is COc1cc(OC)cc(C(=O)OCC(=O)c2ccc(OC)c(Br)c2)c1. The third-order valence-corrected chi connectivity index (χ3v) is 4.01. The number of hydrogen-bond acceptors (Lipinski definition) is 6. The summed E-state index contributed by atoms with van der Waals surface area (Å²) in [6, 6.07) is 9.54. The van der Waals surface area contributed by atoms with Gasteiger partial charge in [0.15, 0.2) is 12.4 Å². The average Bonchev–Trinajstić information content (AvgIpc) is 2.65. The van der Waals surface area contributed by atoms with Crippen molar-refractivity contribution < 1.29 is 28.5 Å². The molecule has 0 unspecified atom stereocenters. The molecular formula is C18H17BrO6. The fraction of sp³-hybridized carbons (Fsp3) is 0.222. The van der Waals surface area contributed by atoms with E-state index in [4.69, 9.17) is 18.9 Å². The van der Waals surface area contributed by atoms with E-state index in [0.717, 1.165) is 0 Å². The fourth-order valence-electron chi connectivity index (χ4n) is 2.06. The minimum Gasteiger partial charge on any atom is -0.497 e. The van der Waals surface area contributed by atoms with Crippen molar-refractivity contribution in [3.63, 3.8) is 0 Å². The van der Waals surface area contributed by atoms with Gasteiger partial charge in [0.2, 0.25) is 0 Å². The molecule has 6 nitrogen and oxygen atoms in total. The lowest BCUT2D eigenvalue weighted by Crippen LogP contribution is -2.14. The molecule has 0 bridgehead atoms. The summed E-state index contributed by atoms with van der Waals surface area (Å²) in [5.41, 5.74) is 0.642. The Kier molecular flexibility index (Phi) is 6.41. The number of Topliss-reactive ketones (excluding diaryl/α,β-unsaturated/α-hetero) is 1. The lowest BCUT2D eigenvalue weighted by atomic mass is 10.1. The molecule has 7 heteroatoms. The molecule has 0 saturated carbocycles. The van der Waals surface area contributed by atoms with Gasteiger partial charge in [-0.3, -0.25) is 4.79 Å². The first-order valence-electron chi connectivity index (χ1n) is 7.25. The van der Waals surface area contributed by atoms with Crippen LogP contribution in [0.1, 0.15) is 20.7 Å². The Morgan fingerprint density at radius 3 is 2.04 bits per heavy atom. The lowest BCUT2D eigenvalue weighted by Gasteiger charge is -2.09. The van der Waals surface area contributed by atoms with Crippen molar-refractivity contribution in [2.24, 2.45) is 0 Å². The van der Waals surface area contributed by atoms with Crippen molar-refractivity contribution >= 4 is 27.7 Å². The Labute approximate surface area is 153 Å². The number of hydrogen-bond donors (Lipinski definition) is 0. The number of methoxy groups -OCH3 is 3. The second-order valence-electron chi connectivity index (χ2n) is 4.95. The van der Waals surface area contributed by atoms with E-state index >= 15 is 0 Å². The Hall–Kier alpha value is -2.54. The molecule has 0 fully saturated rings. The van der Waals surface area contributed by atoms with Crippen molar-refractivity contribution in [3.05, 3.63) is 52.0 Å². The van der Waals surface area contributed by atoms with E-state index in [1.165, 1.54) is 33.5 Å². The van der Waals surface area contributed by atoms with E-state index in [9.17, 15) is 9.59 Å². The van der Waals surface area contributed by atoms with Crippen LogP contribution in [-0.4, -0.2) is 39.7 Å².